The van der Waals surface area contributed by atoms with Crippen molar-refractivity contribution in [1.29, 1.82) is 0 Å². The van der Waals surface area contributed by atoms with Gasteiger partial charge in [0.25, 0.3) is 0 Å². The highest BCUT2D eigenvalue weighted by atomic mass is 35.5. The van der Waals surface area contributed by atoms with Crippen LogP contribution >= 0.6 is 11.6 Å². The number of hydrogen-bond acceptors (Lipinski definition) is 3. The number of benzene rings is 1. The molecule has 98 valence electrons. The molecule has 2 unspecified atom stereocenters. The Morgan fingerprint density at radius 1 is 1.39 bits per heavy atom. The summed E-state index contributed by atoms with van der Waals surface area (Å²) in [5, 5.41) is 9.96. The maximum absolute atomic E-state index is 12.4. The molecule has 0 bridgehead atoms. The van der Waals surface area contributed by atoms with E-state index in [0.717, 1.165) is 12.2 Å². The highest BCUT2D eigenvalue weighted by Gasteiger charge is 2.36. The molecule has 1 heterocycles. The number of hydrogen-bond donors (Lipinski definition) is 1. The van der Waals surface area contributed by atoms with Crippen LogP contribution in [0.15, 0.2) is 24.3 Å². The first-order chi connectivity index (χ1) is 8.54. The molecular weight excluding hydrogens is 252 g/mol. The van der Waals surface area contributed by atoms with Crippen LogP contribution in [-0.2, 0) is 4.79 Å². The molecule has 1 aromatic rings. The van der Waals surface area contributed by atoms with Gasteiger partial charge in [-0.25, -0.2) is 0 Å². The van der Waals surface area contributed by atoms with E-state index in [9.17, 15) is 9.90 Å². The number of aliphatic hydroxyl groups excluding tert-OH is 1. The number of amides is 1. The first kappa shape index (κ1) is 13.3. The third kappa shape index (κ3) is 2.36. The van der Waals surface area contributed by atoms with Gasteiger partial charge in [0.05, 0.1) is 6.61 Å². The Hall–Kier alpha value is -1.10. The molecule has 5 heteroatoms. The minimum atomic E-state index is -0.461. The molecule has 2 atom stereocenters. The lowest BCUT2D eigenvalue weighted by Crippen LogP contribution is -2.61. The maximum atomic E-state index is 12.4. The lowest BCUT2D eigenvalue weighted by atomic mass is 10.1. The van der Waals surface area contributed by atoms with Crippen LogP contribution < -0.4 is 4.90 Å². The van der Waals surface area contributed by atoms with Crippen molar-refractivity contribution in [2.75, 3.05) is 25.1 Å². The standard InChI is InChI=1S/C13H17ClN2O2/c1-9-7-15(2)12(8-17)13(18)16(9)11-5-3-10(14)4-6-11/h3-6,9,12,17H,7-8H2,1-2H3. The average Bonchev–Trinajstić information content (AvgIpc) is 2.31. The van der Waals surface area contributed by atoms with E-state index >= 15 is 0 Å². The topological polar surface area (TPSA) is 43.8 Å². The monoisotopic (exact) mass is 268 g/mol. The first-order valence-corrected chi connectivity index (χ1v) is 6.32. The van der Waals surface area contributed by atoms with Gasteiger partial charge in [0.1, 0.15) is 6.04 Å². The first-order valence-electron chi connectivity index (χ1n) is 5.94. The summed E-state index contributed by atoms with van der Waals surface area (Å²) < 4.78 is 0. The number of halogens is 1. The van der Waals surface area contributed by atoms with Crippen molar-refractivity contribution in [3.05, 3.63) is 29.3 Å². The number of anilines is 1. The molecule has 2 rings (SSSR count). The van der Waals surface area contributed by atoms with E-state index in [1.165, 1.54) is 0 Å². The number of rotatable bonds is 2. The Kier molecular flexibility index (Phi) is 3.90. The molecule has 1 saturated heterocycles. The van der Waals surface area contributed by atoms with E-state index in [1.807, 2.05) is 31.0 Å². The van der Waals surface area contributed by atoms with E-state index in [4.69, 9.17) is 11.6 Å². The van der Waals surface area contributed by atoms with Crippen molar-refractivity contribution < 1.29 is 9.90 Å². The van der Waals surface area contributed by atoms with Gasteiger partial charge in [-0.2, -0.15) is 0 Å². The summed E-state index contributed by atoms with van der Waals surface area (Å²) >= 11 is 5.85. The van der Waals surface area contributed by atoms with Crippen molar-refractivity contribution in [3.8, 4) is 0 Å². The third-order valence-corrected chi connectivity index (χ3v) is 3.58. The van der Waals surface area contributed by atoms with Crippen LogP contribution in [-0.4, -0.2) is 48.2 Å². The maximum Gasteiger partial charge on any atom is 0.247 e. The number of aliphatic hydroxyl groups is 1. The van der Waals surface area contributed by atoms with Gasteiger partial charge in [-0.05, 0) is 38.2 Å². The van der Waals surface area contributed by atoms with Crippen LogP contribution in [0.1, 0.15) is 6.92 Å². The van der Waals surface area contributed by atoms with Gasteiger partial charge in [0.2, 0.25) is 5.91 Å². The number of piperazine rings is 1. The summed E-state index contributed by atoms with van der Waals surface area (Å²) in [5.41, 5.74) is 0.823. The zero-order chi connectivity index (χ0) is 13.3. The number of likely N-dealkylation sites (N-methyl/N-ethyl adjacent to an activating group) is 1. The third-order valence-electron chi connectivity index (χ3n) is 3.33. The zero-order valence-corrected chi connectivity index (χ0v) is 11.3. The second-order valence-electron chi connectivity index (χ2n) is 4.67. The lowest BCUT2D eigenvalue weighted by Gasteiger charge is -2.42. The normalized spacial score (nSPS) is 25.6. The summed E-state index contributed by atoms with van der Waals surface area (Å²) in [6.07, 6.45) is 0. The molecule has 1 amide bonds. The van der Waals surface area contributed by atoms with Crippen molar-refractivity contribution in [1.82, 2.24) is 4.90 Å². The van der Waals surface area contributed by atoms with Gasteiger partial charge >= 0.3 is 0 Å². The molecule has 0 saturated carbocycles. The molecule has 1 aliphatic rings. The van der Waals surface area contributed by atoms with Crippen LogP contribution in [0.2, 0.25) is 5.02 Å². The van der Waals surface area contributed by atoms with E-state index in [1.54, 1.807) is 17.0 Å². The summed E-state index contributed by atoms with van der Waals surface area (Å²) in [5.74, 6) is -0.0685. The number of carbonyl (C=O) groups is 1. The second kappa shape index (κ2) is 5.26. The lowest BCUT2D eigenvalue weighted by molar-refractivity contribution is -0.127. The van der Waals surface area contributed by atoms with Gasteiger partial charge in [0, 0.05) is 23.3 Å². The Morgan fingerprint density at radius 2 is 2.00 bits per heavy atom. The highest BCUT2D eigenvalue weighted by Crippen LogP contribution is 2.25. The van der Waals surface area contributed by atoms with E-state index in [0.29, 0.717) is 5.02 Å². The van der Waals surface area contributed by atoms with Crippen LogP contribution in [0.4, 0.5) is 5.69 Å². The fourth-order valence-electron chi connectivity index (χ4n) is 2.39. The summed E-state index contributed by atoms with van der Waals surface area (Å²) in [6, 6.07) is 6.81. The summed E-state index contributed by atoms with van der Waals surface area (Å²) in [4.78, 5) is 16.0. The number of nitrogens with zero attached hydrogens (tertiary/aromatic N) is 2. The molecule has 0 spiro atoms. The molecule has 1 aliphatic heterocycles. The summed E-state index contributed by atoms with van der Waals surface area (Å²) in [6.45, 7) is 2.57. The van der Waals surface area contributed by atoms with Gasteiger partial charge in [-0.15, -0.1) is 0 Å². The van der Waals surface area contributed by atoms with E-state index < -0.39 is 6.04 Å². The highest BCUT2D eigenvalue weighted by molar-refractivity contribution is 6.30. The SMILES string of the molecule is CC1CN(C)C(CO)C(=O)N1c1ccc(Cl)cc1. The zero-order valence-electron chi connectivity index (χ0n) is 10.5. The Labute approximate surface area is 112 Å². The fourth-order valence-corrected chi connectivity index (χ4v) is 2.52. The fraction of sp³-hybridized carbons (Fsp3) is 0.462. The minimum Gasteiger partial charge on any atom is -0.394 e. The molecule has 18 heavy (non-hydrogen) atoms. The Bertz CT molecular complexity index is 435. The van der Waals surface area contributed by atoms with Crippen LogP contribution in [0, 0.1) is 0 Å². The molecule has 4 nitrogen and oxygen atoms in total. The Balaban J connectivity index is 2.30. The average molecular weight is 269 g/mol. The van der Waals surface area contributed by atoms with Crippen LogP contribution in [0.25, 0.3) is 0 Å². The van der Waals surface area contributed by atoms with Crippen molar-refractivity contribution >= 4 is 23.2 Å². The predicted molar refractivity (Wildman–Crippen MR) is 71.9 cm³/mol. The van der Waals surface area contributed by atoms with Gasteiger partial charge in [0.15, 0.2) is 0 Å². The molecule has 1 N–H and O–H groups in total. The Morgan fingerprint density at radius 3 is 2.56 bits per heavy atom. The largest absolute Gasteiger partial charge is 0.394 e. The molecule has 0 aromatic heterocycles. The summed E-state index contributed by atoms with van der Waals surface area (Å²) in [7, 11) is 1.86. The quantitative estimate of drug-likeness (QED) is 0.881. The number of carbonyl (C=O) groups excluding carboxylic acids is 1. The molecule has 1 aromatic carbocycles. The van der Waals surface area contributed by atoms with Gasteiger partial charge in [-0.1, -0.05) is 11.6 Å². The molecule has 0 aliphatic carbocycles. The van der Waals surface area contributed by atoms with Gasteiger partial charge in [-0.3, -0.25) is 9.69 Å². The van der Waals surface area contributed by atoms with E-state index in [2.05, 4.69) is 0 Å². The van der Waals surface area contributed by atoms with Gasteiger partial charge < -0.3 is 10.0 Å². The van der Waals surface area contributed by atoms with Crippen molar-refractivity contribution in [2.45, 2.75) is 19.0 Å². The van der Waals surface area contributed by atoms with Crippen LogP contribution in [0.3, 0.4) is 0 Å². The second-order valence-corrected chi connectivity index (χ2v) is 5.11. The smallest absolute Gasteiger partial charge is 0.247 e. The van der Waals surface area contributed by atoms with Crippen LogP contribution in [0.5, 0.6) is 0 Å². The van der Waals surface area contributed by atoms with Crippen molar-refractivity contribution in [3.63, 3.8) is 0 Å². The predicted octanol–water partition coefficient (Wildman–Crippen LogP) is 1.37. The molecule has 1 fully saturated rings. The molecule has 0 radical (unpaired) electrons. The van der Waals surface area contributed by atoms with E-state index in [-0.39, 0.29) is 18.6 Å². The minimum absolute atomic E-state index is 0.0685. The molecular formula is C13H17ClN2O2. The van der Waals surface area contributed by atoms with Crippen molar-refractivity contribution in [2.24, 2.45) is 0 Å².